The van der Waals surface area contributed by atoms with Gasteiger partial charge in [0, 0.05) is 12.3 Å². The van der Waals surface area contributed by atoms with Gasteiger partial charge < -0.3 is 10.1 Å². The molecule has 5 rings (SSSR count). The van der Waals surface area contributed by atoms with Gasteiger partial charge in [-0.1, -0.05) is 12.1 Å². The first kappa shape index (κ1) is 19.6. The van der Waals surface area contributed by atoms with E-state index < -0.39 is 16.8 Å². The average molecular weight is 404 g/mol. The van der Waals surface area contributed by atoms with Gasteiger partial charge >= 0.3 is 5.97 Å². The minimum absolute atomic E-state index is 0.0996. The zero-order valence-corrected chi connectivity index (χ0v) is 17.4. The van der Waals surface area contributed by atoms with Gasteiger partial charge in [-0.3, -0.25) is 9.00 Å². The molecule has 0 aromatic heterocycles. The molecule has 0 radical (unpaired) electrons. The summed E-state index contributed by atoms with van der Waals surface area (Å²) >= 11 is 0. The molecule has 4 fully saturated rings. The highest BCUT2D eigenvalue weighted by Crippen LogP contribution is 2.61. The SMILES string of the molecule is C[C@@H](NC(=O)COC(=O)c1ccccc1[S@@](C)=O)C12CC3CC(CC(C3)C1)C2. The van der Waals surface area contributed by atoms with Crippen LogP contribution in [0.1, 0.15) is 55.8 Å². The first-order chi connectivity index (χ1) is 13.4. The van der Waals surface area contributed by atoms with Gasteiger partial charge in [-0.15, -0.1) is 0 Å². The molecule has 152 valence electrons. The predicted molar refractivity (Wildman–Crippen MR) is 107 cm³/mol. The molecule has 0 spiro atoms. The number of ether oxygens (including phenoxy) is 1. The van der Waals surface area contributed by atoms with Crippen molar-refractivity contribution in [1.82, 2.24) is 5.32 Å². The summed E-state index contributed by atoms with van der Waals surface area (Å²) in [5, 5.41) is 3.10. The highest BCUT2D eigenvalue weighted by molar-refractivity contribution is 7.84. The summed E-state index contributed by atoms with van der Waals surface area (Å²) in [4.78, 5) is 25.2. The molecule has 4 aliphatic rings. The Morgan fingerprint density at radius 3 is 2.29 bits per heavy atom. The predicted octanol–water partition coefficient (Wildman–Crippen LogP) is 3.30. The Bertz CT molecular complexity index is 770. The molecule has 1 aromatic rings. The largest absolute Gasteiger partial charge is 0.452 e. The van der Waals surface area contributed by atoms with Gasteiger partial charge in [-0.05, 0) is 80.8 Å². The van der Waals surface area contributed by atoms with Crippen molar-refractivity contribution in [3.05, 3.63) is 29.8 Å². The number of benzene rings is 1. The first-order valence-electron chi connectivity index (χ1n) is 10.3. The van der Waals surface area contributed by atoms with Gasteiger partial charge in [0.15, 0.2) is 6.61 Å². The Kier molecular flexibility index (Phi) is 5.34. The van der Waals surface area contributed by atoms with Crippen molar-refractivity contribution < 1.29 is 18.5 Å². The standard InChI is InChI=1S/C22H29NO4S/c1-14(22-10-15-7-16(11-22)9-17(8-15)12-22)23-20(24)13-27-21(25)18-5-3-4-6-19(18)28(2)26/h3-6,14-17H,7-13H2,1-2H3,(H,23,24)/t14-,15?,16?,17?,22?,28-/m1/s1. The van der Waals surface area contributed by atoms with E-state index in [1.807, 2.05) is 0 Å². The maximum Gasteiger partial charge on any atom is 0.339 e. The summed E-state index contributed by atoms with van der Waals surface area (Å²) in [7, 11) is -1.29. The van der Waals surface area contributed by atoms with Crippen LogP contribution in [-0.4, -0.2) is 35.0 Å². The number of nitrogens with one attached hydrogen (secondary N) is 1. The van der Waals surface area contributed by atoms with Crippen LogP contribution >= 0.6 is 0 Å². The maximum absolute atomic E-state index is 12.5. The third-order valence-electron chi connectivity index (χ3n) is 7.13. The number of carbonyl (C=O) groups is 2. The van der Waals surface area contributed by atoms with Gasteiger partial charge in [-0.2, -0.15) is 0 Å². The molecule has 28 heavy (non-hydrogen) atoms. The molecule has 0 heterocycles. The third kappa shape index (κ3) is 3.76. The van der Waals surface area contributed by atoms with Crippen LogP contribution in [0.25, 0.3) is 0 Å². The summed E-state index contributed by atoms with van der Waals surface area (Å²) in [5.41, 5.74) is 0.477. The van der Waals surface area contributed by atoms with Crippen molar-refractivity contribution in [3.8, 4) is 0 Å². The number of hydrogen-bond acceptors (Lipinski definition) is 4. The molecule has 0 unspecified atom stereocenters. The Hall–Kier alpha value is -1.69. The molecule has 4 saturated carbocycles. The fourth-order valence-electron chi connectivity index (χ4n) is 6.24. The molecule has 4 bridgehead atoms. The highest BCUT2D eigenvalue weighted by atomic mass is 32.2. The van der Waals surface area contributed by atoms with E-state index in [0.29, 0.717) is 4.90 Å². The lowest BCUT2D eigenvalue weighted by Gasteiger charge is -2.59. The minimum atomic E-state index is -1.29. The smallest absolute Gasteiger partial charge is 0.339 e. The topological polar surface area (TPSA) is 72.5 Å². The molecular formula is C22H29NO4S. The molecule has 1 aromatic carbocycles. The summed E-state index contributed by atoms with van der Waals surface area (Å²) in [6, 6.07) is 6.74. The van der Waals surface area contributed by atoms with Crippen molar-refractivity contribution in [2.45, 2.75) is 56.4 Å². The normalized spacial score (nSPS) is 32.6. The lowest BCUT2D eigenvalue weighted by atomic mass is 9.48. The maximum atomic E-state index is 12.5. The van der Waals surface area contributed by atoms with E-state index in [-0.39, 0.29) is 29.5 Å². The van der Waals surface area contributed by atoms with Crippen LogP contribution in [0.4, 0.5) is 0 Å². The van der Waals surface area contributed by atoms with E-state index in [1.165, 1.54) is 44.8 Å². The van der Waals surface area contributed by atoms with Crippen molar-refractivity contribution in [2.24, 2.45) is 23.2 Å². The average Bonchev–Trinajstić information content (AvgIpc) is 2.65. The number of hydrogen-bond donors (Lipinski definition) is 1. The quantitative estimate of drug-likeness (QED) is 0.740. The van der Waals surface area contributed by atoms with Gasteiger partial charge in [0.2, 0.25) is 0 Å². The van der Waals surface area contributed by atoms with E-state index in [9.17, 15) is 13.8 Å². The second kappa shape index (κ2) is 7.62. The number of carbonyl (C=O) groups excluding carboxylic acids is 2. The Morgan fingerprint density at radius 1 is 1.14 bits per heavy atom. The molecular weight excluding hydrogens is 374 g/mol. The Morgan fingerprint density at radius 2 is 1.71 bits per heavy atom. The summed E-state index contributed by atoms with van der Waals surface area (Å²) in [5.74, 6) is 1.62. The molecule has 1 amide bonds. The van der Waals surface area contributed by atoms with Crippen LogP contribution in [0, 0.1) is 23.2 Å². The van der Waals surface area contributed by atoms with E-state index in [1.54, 1.807) is 24.3 Å². The molecule has 0 aliphatic heterocycles. The second-order valence-corrected chi connectivity index (χ2v) is 10.4. The lowest BCUT2D eigenvalue weighted by molar-refractivity contribution is -0.128. The molecule has 0 saturated heterocycles. The molecule has 2 atom stereocenters. The van der Waals surface area contributed by atoms with Crippen LogP contribution in [0.15, 0.2) is 29.2 Å². The van der Waals surface area contributed by atoms with Crippen molar-refractivity contribution in [3.63, 3.8) is 0 Å². The zero-order chi connectivity index (χ0) is 19.9. The first-order valence-corrected chi connectivity index (χ1v) is 11.8. The van der Waals surface area contributed by atoms with Crippen LogP contribution in [-0.2, 0) is 20.3 Å². The summed E-state index contributed by atoms with van der Waals surface area (Å²) < 4.78 is 17.0. The van der Waals surface area contributed by atoms with Gasteiger partial charge in [-0.25, -0.2) is 4.79 Å². The third-order valence-corrected chi connectivity index (χ3v) is 8.11. The minimum Gasteiger partial charge on any atom is -0.452 e. The van der Waals surface area contributed by atoms with Gasteiger partial charge in [0.25, 0.3) is 5.91 Å². The number of rotatable bonds is 6. The van der Waals surface area contributed by atoms with Gasteiger partial charge in [0.1, 0.15) is 0 Å². The van der Waals surface area contributed by atoms with Crippen LogP contribution < -0.4 is 5.32 Å². The van der Waals surface area contributed by atoms with Crippen molar-refractivity contribution >= 4 is 22.7 Å². The van der Waals surface area contributed by atoms with E-state index in [2.05, 4.69) is 12.2 Å². The molecule has 6 heteroatoms. The summed E-state index contributed by atoms with van der Waals surface area (Å²) in [6.45, 7) is 1.81. The molecule has 4 aliphatic carbocycles. The van der Waals surface area contributed by atoms with Crippen LogP contribution in [0.5, 0.6) is 0 Å². The number of esters is 1. The van der Waals surface area contributed by atoms with E-state index in [0.717, 1.165) is 17.8 Å². The highest BCUT2D eigenvalue weighted by Gasteiger charge is 2.53. The fraction of sp³-hybridized carbons (Fsp3) is 0.636. The lowest BCUT2D eigenvalue weighted by Crippen LogP contribution is -2.56. The van der Waals surface area contributed by atoms with Crippen molar-refractivity contribution in [1.29, 1.82) is 0 Å². The second-order valence-electron chi connectivity index (χ2n) is 9.10. The molecule has 5 nitrogen and oxygen atoms in total. The van der Waals surface area contributed by atoms with Crippen LogP contribution in [0.3, 0.4) is 0 Å². The van der Waals surface area contributed by atoms with Crippen LogP contribution in [0.2, 0.25) is 0 Å². The van der Waals surface area contributed by atoms with Crippen molar-refractivity contribution in [2.75, 3.05) is 12.9 Å². The van der Waals surface area contributed by atoms with E-state index >= 15 is 0 Å². The van der Waals surface area contributed by atoms with Gasteiger partial charge in [0.05, 0.1) is 21.3 Å². The Labute approximate surface area is 169 Å². The Balaban J connectivity index is 1.34. The molecule has 1 N–H and O–H groups in total. The monoisotopic (exact) mass is 403 g/mol. The zero-order valence-electron chi connectivity index (χ0n) is 16.6. The summed E-state index contributed by atoms with van der Waals surface area (Å²) in [6.07, 6.45) is 9.29. The fourth-order valence-corrected chi connectivity index (χ4v) is 6.97. The van der Waals surface area contributed by atoms with E-state index in [4.69, 9.17) is 4.74 Å². The number of amides is 1.